The maximum absolute atomic E-state index is 11.7. The van der Waals surface area contributed by atoms with Crippen molar-refractivity contribution in [1.29, 1.82) is 0 Å². The third-order valence-electron chi connectivity index (χ3n) is 3.36. The molecule has 1 fully saturated rings. The van der Waals surface area contributed by atoms with Gasteiger partial charge in [-0.1, -0.05) is 0 Å². The number of hydrogen-bond donors (Lipinski definition) is 3. The van der Waals surface area contributed by atoms with Gasteiger partial charge in [-0.3, -0.25) is 9.59 Å². The van der Waals surface area contributed by atoms with Gasteiger partial charge in [-0.2, -0.15) is 0 Å². The lowest BCUT2D eigenvalue weighted by Gasteiger charge is -2.35. The van der Waals surface area contributed by atoms with Crippen LogP contribution in [0.25, 0.3) is 0 Å². The maximum Gasteiger partial charge on any atom is 0.237 e. The standard InChI is InChI=1S/C12H24N4O2/c1-8(2)16-5-3-9(4-6-16)15-12(18)10(13)7-11(14)17/h8-10H,3-7,13H2,1-2H3,(H2,14,17)(H,15,18). The molecule has 104 valence electrons. The Morgan fingerprint density at radius 2 is 1.89 bits per heavy atom. The predicted octanol–water partition coefficient (Wildman–Crippen LogP) is -0.822. The quantitative estimate of drug-likeness (QED) is 0.598. The first-order valence-corrected chi connectivity index (χ1v) is 6.48. The van der Waals surface area contributed by atoms with Crippen LogP contribution in [0.4, 0.5) is 0 Å². The number of primary amides is 1. The summed E-state index contributed by atoms with van der Waals surface area (Å²) in [6.45, 7) is 6.30. The van der Waals surface area contributed by atoms with Crippen LogP contribution < -0.4 is 16.8 Å². The van der Waals surface area contributed by atoms with Gasteiger partial charge in [0.1, 0.15) is 0 Å². The van der Waals surface area contributed by atoms with Gasteiger partial charge in [-0.05, 0) is 26.7 Å². The lowest BCUT2D eigenvalue weighted by atomic mass is 10.0. The summed E-state index contributed by atoms with van der Waals surface area (Å²) in [6, 6.07) is -0.129. The minimum absolute atomic E-state index is 0.101. The molecule has 6 nitrogen and oxygen atoms in total. The van der Waals surface area contributed by atoms with E-state index in [0.717, 1.165) is 25.9 Å². The Morgan fingerprint density at radius 1 is 1.33 bits per heavy atom. The van der Waals surface area contributed by atoms with Gasteiger partial charge in [0.15, 0.2) is 0 Å². The molecule has 0 radical (unpaired) electrons. The molecule has 0 aromatic carbocycles. The second kappa shape index (κ2) is 6.70. The van der Waals surface area contributed by atoms with Crippen LogP contribution in [0.2, 0.25) is 0 Å². The van der Waals surface area contributed by atoms with Crippen LogP contribution in [-0.2, 0) is 9.59 Å². The van der Waals surface area contributed by atoms with E-state index in [2.05, 4.69) is 24.1 Å². The summed E-state index contributed by atoms with van der Waals surface area (Å²) in [4.78, 5) is 24.8. The molecular formula is C12H24N4O2. The second-order valence-corrected chi connectivity index (χ2v) is 5.19. The van der Waals surface area contributed by atoms with Gasteiger partial charge in [0.25, 0.3) is 0 Å². The van der Waals surface area contributed by atoms with E-state index in [9.17, 15) is 9.59 Å². The molecule has 18 heavy (non-hydrogen) atoms. The summed E-state index contributed by atoms with van der Waals surface area (Å²) < 4.78 is 0. The monoisotopic (exact) mass is 256 g/mol. The van der Waals surface area contributed by atoms with E-state index in [-0.39, 0.29) is 18.4 Å². The van der Waals surface area contributed by atoms with E-state index >= 15 is 0 Å². The number of nitrogens with zero attached hydrogens (tertiary/aromatic N) is 1. The van der Waals surface area contributed by atoms with E-state index in [0.29, 0.717) is 6.04 Å². The fourth-order valence-electron chi connectivity index (χ4n) is 2.18. The molecule has 1 unspecified atom stereocenters. The molecule has 1 aliphatic heterocycles. The van der Waals surface area contributed by atoms with Crippen LogP contribution in [0.3, 0.4) is 0 Å². The zero-order chi connectivity index (χ0) is 13.7. The molecular weight excluding hydrogens is 232 g/mol. The summed E-state index contributed by atoms with van der Waals surface area (Å²) in [5, 5.41) is 2.89. The van der Waals surface area contributed by atoms with Crippen LogP contribution in [-0.4, -0.2) is 47.9 Å². The third-order valence-corrected chi connectivity index (χ3v) is 3.36. The summed E-state index contributed by atoms with van der Waals surface area (Å²) in [7, 11) is 0. The molecule has 5 N–H and O–H groups in total. The molecule has 0 aromatic heterocycles. The van der Waals surface area contributed by atoms with Gasteiger partial charge >= 0.3 is 0 Å². The van der Waals surface area contributed by atoms with Crippen molar-refractivity contribution in [3.05, 3.63) is 0 Å². The van der Waals surface area contributed by atoms with Gasteiger partial charge in [-0.25, -0.2) is 0 Å². The Morgan fingerprint density at radius 3 is 2.33 bits per heavy atom. The molecule has 0 bridgehead atoms. The van der Waals surface area contributed by atoms with Crippen molar-refractivity contribution in [3.8, 4) is 0 Å². The zero-order valence-corrected chi connectivity index (χ0v) is 11.2. The van der Waals surface area contributed by atoms with Crippen LogP contribution in [0.1, 0.15) is 33.1 Å². The van der Waals surface area contributed by atoms with E-state index in [1.807, 2.05) is 0 Å². The number of amides is 2. The Kier molecular flexibility index (Phi) is 5.55. The topological polar surface area (TPSA) is 101 Å². The fourth-order valence-corrected chi connectivity index (χ4v) is 2.18. The summed E-state index contributed by atoms with van der Waals surface area (Å²) in [5.74, 6) is -0.830. The average molecular weight is 256 g/mol. The van der Waals surface area contributed by atoms with Crippen LogP contribution >= 0.6 is 0 Å². The van der Waals surface area contributed by atoms with Gasteiger partial charge in [-0.15, -0.1) is 0 Å². The number of carbonyl (C=O) groups excluding carboxylic acids is 2. The number of carbonyl (C=O) groups is 2. The smallest absolute Gasteiger partial charge is 0.237 e. The minimum Gasteiger partial charge on any atom is -0.370 e. The lowest BCUT2D eigenvalue weighted by molar-refractivity contribution is -0.127. The molecule has 6 heteroatoms. The number of nitrogens with one attached hydrogen (secondary N) is 1. The normalized spacial score (nSPS) is 19.8. The Hall–Kier alpha value is -1.14. The molecule has 2 amide bonds. The summed E-state index contributed by atoms with van der Waals surface area (Å²) in [5.41, 5.74) is 10.6. The SMILES string of the molecule is CC(C)N1CCC(NC(=O)C(N)CC(N)=O)CC1. The molecule has 1 saturated heterocycles. The first-order chi connectivity index (χ1) is 8.40. The molecule has 0 aromatic rings. The highest BCUT2D eigenvalue weighted by Gasteiger charge is 2.24. The lowest BCUT2D eigenvalue weighted by Crippen LogP contribution is -2.51. The first-order valence-electron chi connectivity index (χ1n) is 6.48. The molecule has 1 atom stereocenters. The number of likely N-dealkylation sites (tertiary alicyclic amines) is 1. The minimum atomic E-state index is -0.828. The second-order valence-electron chi connectivity index (χ2n) is 5.19. The number of piperidine rings is 1. The van der Waals surface area contributed by atoms with Gasteiger partial charge in [0.05, 0.1) is 12.5 Å². The molecule has 1 aliphatic rings. The van der Waals surface area contributed by atoms with Crippen molar-refractivity contribution in [2.75, 3.05) is 13.1 Å². The van der Waals surface area contributed by atoms with Crippen molar-refractivity contribution < 1.29 is 9.59 Å². The van der Waals surface area contributed by atoms with Crippen LogP contribution in [0.5, 0.6) is 0 Å². The number of hydrogen-bond acceptors (Lipinski definition) is 4. The molecule has 1 heterocycles. The fraction of sp³-hybridized carbons (Fsp3) is 0.833. The predicted molar refractivity (Wildman–Crippen MR) is 69.7 cm³/mol. The summed E-state index contributed by atoms with van der Waals surface area (Å²) in [6.07, 6.45) is 1.75. The number of rotatable bonds is 5. The first kappa shape index (κ1) is 14.9. The van der Waals surface area contributed by atoms with E-state index in [4.69, 9.17) is 11.5 Å². The van der Waals surface area contributed by atoms with Crippen molar-refractivity contribution in [1.82, 2.24) is 10.2 Å². The van der Waals surface area contributed by atoms with Gasteiger partial charge < -0.3 is 21.7 Å². The highest BCUT2D eigenvalue weighted by molar-refractivity contribution is 5.87. The third kappa shape index (κ3) is 4.62. The van der Waals surface area contributed by atoms with Crippen LogP contribution in [0.15, 0.2) is 0 Å². The van der Waals surface area contributed by atoms with E-state index in [1.54, 1.807) is 0 Å². The molecule has 0 spiro atoms. The van der Waals surface area contributed by atoms with Crippen molar-refractivity contribution >= 4 is 11.8 Å². The van der Waals surface area contributed by atoms with Crippen molar-refractivity contribution in [2.45, 2.75) is 51.2 Å². The van der Waals surface area contributed by atoms with Crippen LogP contribution in [0, 0.1) is 0 Å². The van der Waals surface area contributed by atoms with E-state index in [1.165, 1.54) is 0 Å². The Labute approximate surface area is 108 Å². The van der Waals surface area contributed by atoms with Gasteiger partial charge in [0.2, 0.25) is 11.8 Å². The van der Waals surface area contributed by atoms with Crippen molar-refractivity contribution in [2.24, 2.45) is 11.5 Å². The zero-order valence-electron chi connectivity index (χ0n) is 11.2. The Balaban J connectivity index is 2.32. The highest BCUT2D eigenvalue weighted by atomic mass is 16.2. The average Bonchev–Trinajstić information content (AvgIpc) is 2.28. The molecule has 0 saturated carbocycles. The molecule has 0 aliphatic carbocycles. The van der Waals surface area contributed by atoms with Crippen molar-refractivity contribution in [3.63, 3.8) is 0 Å². The maximum atomic E-state index is 11.7. The molecule has 1 rings (SSSR count). The van der Waals surface area contributed by atoms with E-state index < -0.39 is 11.9 Å². The summed E-state index contributed by atoms with van der Waals surface area (Å²) >= 11 is 0. The highest BCUT2D eigenvalue weighted by Crippen LogP contribution is 2.12. The van der Waals surface area contributed by atoms with Gasteiger partial charge in [0, 0.05) is 25.2 Å². The largest absolute Gasteiger partial charge is 0.370 e. The Bertz CT molecular complexity index is 298. The number of nitrogens with two attached hydrogens (primary N) is 2.